The van der Waals surface area contributed by atoms with Crippen LogP contribution in [0.4, 0.5) is 5.13 Å². The van der Waals surface area contributed by atoms with Gasteiger partial charge in [0.05, 0.1) is 22.1 Å². The molecule has 2 amide bonds. The number of thiazole rings is 1. The van der Waals surface area contributed by atoms with E-state index < -0.39 is 0 Å². The predicted molar refractivity (Wildman–Crippen MR) is 77.5 cm³/mol. The Hall–Kier alpha value is -2.01. The van der Waals surface area contributed by atoms with Crippen molar-refractivity contribution in [1.29, 1.82) is 0 Å². The lowest BCUT2D eigenvalue weighted by Crippen LogP contribution is -2.30. The van der Waals surface area contributed by atoms with E-state index in [0.29, 0.717) is 18.0 Å². The molecule has 5 heteroatoms. The van der Waals surface area contributed by atoms with Gasteiger partial charge in [-0.25, -0.2) is 9.88 Å². The number of amides is 2. The molecule has 1 aliphatic heterocycles. The van der Waals surface area contributed by atoms with E-state index in [1.165, 1.54) is 16.2 Å². The van der Waals surface area contributed by atoms with Crippen LogP contribution >= 0.6 is 11.3 Å². The quantitative estimate of drug-likeness (QED) is 0.597. The summed E-state index contributed by atoms with van der Waals surface area (Å²) in [4.78, 5) is 30.7. The van der Waals surface area contributed by atoms with Gasteiger partial charge in [0.15, 0.2) is 5.13 Å². The highest BCUT2D eigenvalue weighted by Crippen LogP contribution is 2.39. The molecular formula is C15H12N2O2S. The zero-order valence-electron chi connectivity index (χ0n) is 10.7. The van der Waals surface area contributed by atoms with Crippen molar-refractivity contribution >= 4 is 38.5 Å². The molecule has 4 rings (SSSR count). The fourth-order valence-corrected chi connectivity index (χ4v) is 3.92. The molecule has 1 saturated heterocycles. The van der Waals surface area contributed by atoms with Crippen LogP contribution in [-0.2, 0) is 9.59 Å². The minimum Gasteiger partial charge on any atom is -0.274 e. The molecule has 0 bridgehead atoms. The Morgan fingerprint density at radius 3 is 2.35 bits per heavy atom. The number of carbonyl (C=O) groups is 2. The van der Waals surface area contributed by atoms with E-state index in [4.69, 9.17) is 0 Å². The van der Waals surface area contributed by atoms with Crippen LogP contribution < -0.4 is 4.90 Å². The number of fused-ring (bicyclic) bond motifs is 2. The largest absolute Gasteiger partial charge is 0.274 e. The summed E-state index contributed by atoms with van der Waals surface area (Å²) in [6.07, 6.45) is 5.32. The molecule has 100 valence electrons. The third-order valence-corrected chi connectivity index (χ3v) is 5.00. The van der Waals surface area contributed by atoms with Gasteiger partial charge in [0.1, 0.15) is 0 Å². The van der Waals surface area contributed by atoms with Gasteiger partial charge < -0.3 is 0 Å². The Labute approximate surface area is 119 Å². The Bertz CT molecular complexity index is 690. The second-order valence-electron chi connectivity index (χ2n) is 5.13. The van der Waals surface area contributed by atoms with E-state index >= 15 is 0 Å². The first-order valence-corrected chi connectivity index (χ1v) is 7.46. The van der Waals surface area contributed by atoms with E-state index in [1.807, 2.05) is 36.4 Å². The summed E-state index contributed by atoms with van der Waals surface area (Å²) in [7, 11) is 0. The third kappa shape index (κ3) is 1.56. The lowest BCUT2D eigenvalue weighted by atomic mass is 9.85. The van der Waals surface area contributed by atoms with Gasteiger partial charge in [-0.2, -0.15) is 0 Å². The summed E-state index contributed by atoms with van der Waals surface area (Å²) in [5.74, 6) is -0.578. The smallest absolute Gasteiger partial charge is 0.239 e. The summed E-state index contributed by atoms with van der Waals surface area (Å²) in [6, 6.07) is 7.69. The van der Waals surface area contributed by atoms with E-state index in [2.05, 4.69) is 4.98 Å². The van der Waals surface area contributed by atoms with Crippen molar-refractivity contribution in [2.75, 3.05) is 4.90 Å². The highest BCUT2D eigenvalue weighted by Gasteiger charge is 2.48. The number of carbonyl (C=O) groups excluding carboxylic acids is 2. The normalized spacial score (nSPS) is 25.5. The van der Waals surface area contributed by atoms with Crippen LogP contribution in [0.3, 0.4) is 0 Å². The maximum absolute atomic E-state index is 12.5. The molecule has 2 unspecified atom stereocenters. The molecular weight excluding hydrogens is 272 g/mol. The van der Waals surface area contributed by atoms with Crippen LogP contribution in [0.15, 0.2) is 36.4 Å². The van der Waals surface area contributed by atoms with Gasteiger partial charge >= 0.3 is 0 Å². The second kappa shape index (κ2) is 4.24. The van der Waals surface area contributed by atoms with Gasteiger partial charge in [0.2, 0.25) is 11.8 Å². The van der Waals surface area contributed by atoms with Crippen molar-refractivity contribution in [2.24, 2.45) is 11.8 Å². The summed E-state index contributed by atoms with van der Waals surface area (Å²) < 4.78 is 0.996. The van der Waals surface area contributed by atoms with E-state index in [9.17, 15) is 9.59 Å². The molecule has 2 aliphatic rings. The van der Waals surface area contributed by atoms with Gasteiger partial charge in [0, 0.05) is 0 Å². The van der Waals surface area contributed by atoms with Crippen molar-refractivity contribution in [3.63, 3.8) is 0 Å². The summed E-state index contributed by atoms with van der Waals surface area (Å²) in [5.41, 5.74) is 0.834. The first kappa shape index (κ1) is 11.8. The van der Waals surface area contributed by atoms with Gasteiger partial charge in [0.25, 0.3) is 0 Å². The number of aromatic nitrogens is 1. The molecule has 2 aromatic rings. The van der Waals surface area contributed by atoms with E-state index in [1.54, 1.807) is 0 Å². The summed E-state index contributed by atoms with van der Waals surface area (Å²) >= 11 is 1.40. The topological polar surface area (TPSA) is 50.3 Å². The molecule has 1 fully saturated rings. The minimum absolute atomic E-state index is 0.0941. The fraction of sp³-hybridized carbons (Fsp3) is 0.267. The number of anilines is 1. The van der Waals surface area contributed by atoms with Gasteiger partial charge in [-0.05, 0) is 25.0 Å². The number of rotatable bonds is 1. The van der Waals surface area contributed by atoms with Gasteiger partial charge in [-0.15, -0.1) is 0 Å². The SMILES string of the molecule is O=C1C2CC=CCC2C(=O)N1c1nc2ccccc2s1. The van der Waals surface area contributed by atoms with Crippen molar-refractivity contribution < 1.29 is 9.59 Å². The average Bonchev–Trinajstić information content (AvgIpc) is 3.00. The van der Waals surface area contributed by atoms with Crippen molar-refractivity contribution in [1.82, 2.24) is 4.98 Å². The maximum atomic E-state index is 12.5. The van der Waals surface area contributed by atoms with Gasteiger partial charge in [-0.3, -0.25) is 9.59 Å². The van der Waals surface area contributed by atoms with Crippen LogP contribution in [0.1, 0.15) is 12.8 Å². The second-order valence-corrected chi connectivity index (χ2v) is 6.14. The number of allylic oxidation sites excluding steroid dienone is 2. The number of para-hydroxylation sites is 1. The molecule has 0 spiro atoms. The Morgan fingerprint density at radius 2 is 1.70 bits per heavy atom. The maximum Gasteiger partial charge on any atom is 0.239 e. The average molecular weight is 284 g/mol. The number of hydrogen-bond donors (Lipinski definition) is 0. The molecule has 4 nitrogen and oxygen atoms in total. The number of nitrogens with zero attached hydrogens (tertiary/aromatic N) is 2. The molecule has 1 aromatic heterocycles. The number of imide groups is 1. The lowest BCUT2D eigenvalue weighted by molar-refractivity contribution is -0.122. The lowest BCUT2D eigenvalue weighted by Gasteiger charge is -2.14. The molecule has 0 saturated carbocycles. The monoisotopic (exact) mass is 284 g/mol. The van der Waals surface area contributed by atoms with Crippen LogP contribution in [0.2, 0.25) is 0 Å². The van der Waals surface area contributed by atoms with Crippen LogP contribution in [-0.4, -0.2) is 16.8 Å². The highest BCUT2D eigenvalue weighted by atomic mass is 32.1. The van der Waals surface area contributed by atoms with Gasteiger partial charge in [-0.1, -0.05) is 35.6 Å². The molecule has 2 heterocycles. The van der Waals surface area contributed by atoms with Crippen molar-refractivity contribution in [2.45, 2.75) is 12.8 Å². The molecule has 0 radical (unpaired) electrons. The van der Waals surface area contributed by atoms with E-state index in [0.717, 1.165) is 10.2 Å². The first-order chi connectivity index (χ1) is 9.75. The Kier molecular flexibility index (Phi) is 2.50. The number of hydrogen-bond acceptors (Lipinski definition) is 4. The summed E-state index contributed by atoms with van der Waals surface area (Å²) in [5, 5.41) is 0.510. The Morgan fingerprint density at radius 1 is 1.05 bits per heavy atom. The predicted octanol–water partition coefficient (Wildman–Crippen LogP) is 2.75. The zero-order valence-corrected chi connectivity index (χ0v) is 11.5. The van der Waals surface area contributed by atoms with Crippen LogP contribution in [0.25, 0.3) is 10.2 Å². The standard InChI is InChI=1S/C15H12N2O2S/c18-13-9-5-1-2-6-10(9)14(19)17(13)15-16-11-7-3-4-8-12(11)20-15/h1-4,7-10H,5-6H2. The van der Waals surface area contributed by atoms with Crippen LogP contribution in [0, 0.1) is 11.8 Å². The van der Waals surface area contributed by atoms with Crippen molar-refractivity contribution in [3.05, 3.63) is 36.4 Å². The molecule has 1 aliphatic carbocycles. The molecule has 2 atom stereocenters. The molecule has 1 aromatic carbocycles. The minimum atomic E-state index is -0.195. The van der Waals surface area contributed by atoms with E-state index in [-0.39, 0.29) is 23.7 Å². The Balaban J connectivity index is 1.78. The summed E-state index contributed by atoms with van der Waals surface area (Å²) in [6.45, 7) is 0. The highest BCUT2D eigenvalue weighted by molar-refractivity contribution is 7.22. The van der Waals surface area contributed by atoms with Crippen molar-refractivity contribution in [3.8, 4) is 0 Å². The number of benzene rings is 1. The zero-order chi connectivity index (χ0) is 13.7. The third-order valence-electron chi connectivity index (χ3n) is 3.98. The molecule has 20 heavy (non-hydrogen) atoms. The fourth-order valence-electron chi connectivity index (χ4n) is 2.94. The molecule has 0 N–H and O–H groups in total. The van der Waals surface area contributed by atoms with Crippen LogP contribution in [0.5, 0.6) is 0 Å². The first-order valence-electron chi connectivity index (χ1n) is 6.64.